The van der Waals surface area contributed by atoms with Gasteiger partial charge in [0, 0.05) is 5.54 Å². The van der Waals surface area contributed by atoms with Crippen molar-refractivity contribution in [2.45, 2.75) is 26.3 Å². The van der Waals surface area contributed by atoms with Crippen molar-refractivity contribution in [1.29, 1.82) is 0 Å². The summed E-state index contributed by atoms with van der Waals surface area (Å²) >= 11 is 0. The van der Waals surface area contributed by atoms with Crippen LogP contribution in [-0.2, 0) is 4.79 Å². The second-order valence-corrected chi connectivity index (χ2v) is 3.54. The van der Waals surface area contributed by atoms with Gasteiger partial charge in [-0.15, -0.1) is 0 Å². The second kappa shape index (κ2) is 3.94. The fraction of sp³-hybridized carbons (Fsp3) is 0.714. The van der Waals surface area contributed by atoms with Crippen molar-refractivity contribution in [2.24, 2.45) is 16.5 Å². The van der Waals surface area contributed by atoms with Crippen molar-refractivity contribution in [3.63, 3.8) is 0 Å². The molecule has 0 bridgehead atoms. The number of primary amides is 1. The summed E-state index contributed by atoms with van der Waals surface area (Å²) in [4.78, 5) is 14.0. The molecule has 5 nitrogen and oxygen atoms in total. The first kappa shape index (κ1) is 10.7. The molecule has 12 heavy (non-hydrogen) atoms. The van der Waals surface area contributed by atoms with E-state index in [2.05, 4.69) is 10.3 Å². The van der Waals surface area contributed by atoms with Gasteiger partial charge in [0.1, 0.15) is 6.54 Å². The molecule has 70 valence electrons. The molecule has 0 saturated heterocycles. The van der Waals surface area contributed by atoms with E-state index in [-0.39, 0.29) is 18.0 Å². The normalized spacial score (nSPS) is 12.8. The van der Waals surface area contributed by atoms with Crippen molar-refractivity contribution >= 4 is 11.9 Å². The summed E-state index contributed by atoms with van der Waals surface area (Å²) in [6, 6.07) is 0. The van der Waals surface area contributed by atoms with Gasteiger partial charge in [0.15, 0.2) is 5.96 Å². The fourth-order valence-corrected chi connectivity index (χ4v) is 0.587. The standard InChI is InChI=1S/C7H16N4O/c1-7(2,3)11-6(9)10-4-5(8)12/h4H2,1-3H3,(H2,8,12)(H3,9,10,11). The minimum absolute atomic E-state index is 0.0745. The predicted octanol–water partition coefficient (Wildman–Crippen LogP) is -0.825. The van der Waals surface area contributed by atoms with E-state index in [0.717, 1.165) is 0 Å². The van der Waals surface area contributed by atoms with Crippen LogP contribution in [0.4, 0.5) is 0 Å². The number of carbonyl (C=O) groups is 1. The summed E-state index contributed by atoms with van der Waals surface area (Å²) < 4.78 is 0. The Morgan fingerprint density at radius 1 is 1.42 bits per heavy atom. The van der Waals surface area contributed by atoms with E-state index in [1.165, 1.54) is 0 Å². The molecular formula is C7H16N4O. The van der Waals surface area contributed by atoms with E-state index < -0.39 is 5.91 Å². The third-order valence-corrected chi connectivity index (χ3v) is 0.908. The largest absolute Gasteiger partial charge is 0.370 e. The van der Waals surface area contributed by atoms with Crippen LogP contribution in [0.5, 0.6) is 0 Å². The van der Waals surface area contributed by atoms with E-state index in [1.54, 1.807) is 0 Å². The summed E-state index contributed by atoms with van der Waals surface area (Å²) in [5.74, 6) is -0.255. The van der Waals surface area contributed by atoms with Crippen molar-refractivity contribution in [3.05, 3.63) is 0 Å². The van der Waals surface area contributed by atoms with Crippen molar-refractivity contribution in [3.8, 4) is 0 Å². The molecular weight excluding hydrogens is 156 g/mol. The van der Waals surface area contributed by atoms with Crippen molar-refractivity contribution < 1.29 is 4.79 Å². The molecule has 0 aliphatic carbocycles. The quantitative estimate of drug-likeness (QED) is 0.375. The van der Waals surface area contributed by atoms with Gasteiger partial charge in [0.05, 0.1) is 0 Å². The average Bonchev–Trinajstić information content (AvgIpc) is 1.79. The van der Waals surface area contributed by atoms with Crippen LogP contribution >= 0.6 is 0 Å². The smallest absolute Gasteiger partial charge is 0.239 e. The van der Waals surface area contributed by atoms with E-state index in [4.69, 9.17) is 11.5 Å². The van der Waals surface area contributed by atoms with Crippen LogP contribution in [0.25, 0.3) is 0 Å². The first-order chi connectivity index (χ1) is 5.31. The van der Waals surface area contributed by atoms with Crippen LogP contribution in [0.15, 0.2) is 4.99 Å². The van der Waals surface area contributed by atoms with Gasteiger partial charge in [-0.2, -0.15) is 0 Å². The van der Waals surface area contributed by atoms with Crippen molar-refractivity contribution in [2.75, 3.05) is 6.54 Å². The van der Waals surface area contributed by atoms with Gasteiger partial charge in [-0.1, -0.05) is 0 Å². The number of nitrogens with two attached hydrogens (primary N) is 2. The highest BCUT2D eigenvalue weighted by Crippen LogP contribution is 1.96. The highest BCUT2D eigenvalue weighted by atomic mass is 16.1. The number of hydrogen-bond acceptors (Lipinski definition) is 2. The average molecular weight is 172 g/mol. The topological polar surface area (TPSA) is 93.5 Å². The molecule has 0 heterocycles. The Hall–Kier alpha value is -1.26. The lowest BCUT2D eigenvalue weighted by molar-refractivity contribution is -0.116. The number of guanidine groups is 1. The van der Waals surface area contributed by atoms with Gasteiger partial charge < -0.3 is 16.8 Å². The van der Waals surface area contributed by atoms with Gasteiger partial charge in [0.2, 0.25) is 5.91 Å². The lowest BCUT2D eigenvalue weighted by Gasteiger charge is -2.20. The van der Waals surface area contributed by atoms with Gasteiger partial charge in [-0.25, -0.2) is 4.99 Å². The highest BCUT2D eigenvalue weighted by molar-refractivity contribution is 5.83. The Labute approximate surface area is 72.2 Å². The Morgan fingerprint density at radius 3 is 2.25 bits per heavy atom. The Kier molecular flexibility index (Phi) is 3.53. The fourth-order valence-electron chi connectivity index (χ4n) is 0.587. The molecule has 5 N–H and O–H groups in total. The zero-order valence-corrected chi connectivity index (χ0v) is 7.72. The molecule has 1 amide bonds. The monoisotopic (exact) mass is 172 g/mol. The molecule has 0 aliphatic rings. The van der Waals surface area contributed by atoms with Gasteiger partial charge >= 0.3 is 0 Å². The summed E-state index contributed by atoms with van der Waals surface area (Å²) in [6.45, 7) is 5.76. The van der Waals surface area contributed by atoms with Crippen LogP contribution in [0, 0.1) is 0 Å². The third-order valence-electron chi connectivity index (χ3n) is 0.908. The number of hydrogen-bond donors (Lipinski definition) is 3. The van der Waals surface area contributed by atoms with E-state index in [9.17, 15) is 4.79 Å². The van der Waals surface area contributed by atoms with Crippen LogP contribution in [0.3, 0.4) is 0 Å². The van der Waals surface area contributed by atoms with Gasteiger partial charge in [-0.05, 0) is 20.8 Å². The van der Waals surface area contributed by atoms with Crippen LogP contribution in [0.2, 0.25) is 0 Å². The summed E-state index contributed by atoms with van der Waals surface area (Å²) in [7, 11) is 0. The summed E-state index contributed by atoms with van der Waals surface area (Å²) in [5.41, 5.74) is 10.2. The number of aliphatic imine (C=N–C) groups is 1. The Bertz CT molecular complexity index is 192. The van der Waals surface area contributed by atoms with E-state index in [0.29, 0.717) is 0 Å². The number of nitrogens with zero attached hydrogens (tertiary/aromatic N) is 1. The minimum Gasteiger partial charge on any atom is -0.370 e. The molecule has 0 atom stereocenters. The molecule has 0 fully saturated rings. The number of rotatable bonds is 2. The first-order valence-corrected chi connectivity index (χ1v) is 3.67. The lowest BCUT2D eigenvalue weighted by Crippen LogP contribution is -2.45. The summed E-state index contributed by atoms with van der Waals surface area (Å²) in [5, 5.41) is 2.89. The molecule has 0 unspecified atom stereocenters. The molecule has 0 aromatic heterocycles. The number of amides is 1. The van der Waals surface area contributed by atoms with Gasteiger partial charge in [0.25, 0.3) is 0 Å². The SMILES string of the molecule is CC(C)(C)NC(N)=NCC(N)=O. The zero-order valence-electron chi connectivity index (χ0n) is 7.72. The molecule has 0 saturated carbocycles. The van der Waals surface area contributed by atoms with Crippen LogP contribution in [0.1, 0.15) is 20.8 Å². The molecule has 0 aliphatic heterocycles. The molecule has 5 heteroatoms. The zero-order chi connectivity index (χ0) is 9.78. The second-order valence-electron chi connectivity index (χ2n) is 3.54. The molecule has 0 spiro atoms. The summed E-state index contributed by atoms with van der Waals surface area (Å²) in [6.07, 6.45) is 0. The molecule has 0 aromatic carbocycles. The lowest BCUT2D eigenvalue weighted by atomic mass is 10.1. The third kappa shape index (κ3) is 6.85. The number of nitrogens with one attached hydrogen (secondary N) is 1. The Balaban J connectivity index is 3.95. The minimum atomic E-state index is -0.492. The molecule has 0 aromatic rings. The molecule has 0 radical (unpaired) electrons. The number of carbonyl (C=O) groups excluding carboxylic acids is 1. The first-order valence-electron chi connectivity index (χ1n) is 3.67. The highest BCUT2D eigenvalue weighted by Gasteiger charge is 2.09. The Morgan fingerprint density at radius 2 is 1.92 bits per heavy atom. The maximum absolute atomic E-state index is 10.3. The van der Waals surface area contributed by atoms with Gasteiger partial charge in [-0.3, -0.25) is 4.79 Å². The van der Waals surface area contributed by atoms with E-state index in [1.807, 2.05) is 20.8 Å². The van der Waals surface area contributed by atoms with E-state index >= 15 is 0 Å². The predicted molar refractivity (Wildman–Crippen MR) is 48.6 cm³/mol. The van der Waals surface area contributed by atoms with Crippen molar-refractivity contribution in [1.82, 2.24) is 5.32 Å². The molecule has 0 rings (SSSR count). The van der Waals surface area contributed by atoms with Crippen LogP contribution in [-0.4, -0.2) is 24.0 Å². The maximum Gasteiger partial charge on any atom is 0.239 e. The van der Waals surface area contributed by atoms with Crippen LogP contribution < -0.4 is 16.8 Å². The maximum atomic E-state index is 10.3.